The lowest BCUT2D eigenvalue weighted by molar-refractivity contribution is -0.134. The van der Waals surface area contributed by atoms with Gasteiger partial charge in [0.05, 0.1) is 5.69 Å². The first kappa shape index (κ1) is 13.8. The summed E-state index contributed by atoms with van der Waals surface area (Å²) < 4.78 is 0. The number of piperazine rings is 1. The molecule has 2 saturated heterocycles. The van der Waals surface area contributed by atoms with Crippen molar-refractivity contribution in [2.24, 2.45) is 0 Å². The van der Waals surface area contributed by atoms with E-state index in [0.717, 1.165) is 42.3 Å². The van der Waals surface area contributed by atoms with Crippen molar-refractivity contribution >= 4 is 22.4 Å². The molecule has 3 heterocycles. The van der Waals surface area contributed by atoms with Crippen LogP contribution in [-0.2, 0) is 4.79 Å². The van der Waals surface area contributed by atoms with E-state index in [4.69, 9.17) is 4.98 Å². The normalized spacial score (nSPS) is 24.7. The second-order valence-electron chi connectivity index (χ2n) is 6.04. The Hall–Kier alpha value is -1.88. The first-order chi connectivity index (χ1) is 10.7. The molecule has 0 unspecified atom stereocenters. The van der Waals surface area contributed by atoms with Crippen molar-refractivity contribution < 1.29 is 4.79 Å². The molecule has 2 aliphatic rings. The maximum atomic E-state index is 12.5. The molecule has 4 nitrogen and oxygen atoms in total. The first-order valence-corrected chi connectivity index (χ1v) is 8.70. The van der Waals surface area contributed by atoms with Gasteiger partial charge in [-0.25, -0.2) is 4.98 Å². The number of fused-ring (bicyclic) bond motifs is 1. The fourth-order valence-corrected chi connectivity index (χ4v) is 4.38. The SMILES string of the molecule is C[C@H]1C(=O)N2CCC[C@@H]2CN1c1nc(-c2ccccc2)cs1. The Balaban J connectivity index is 1.62. The molecule has 0 radical (unpaired) electrons. The van der Waals surface area contributed by atoms with Crippen LogP contribution in [0, 0.1) is 0 Å². The molecule has 4 rings (SSSR count). The Kier molecular flexibility index (Phi) is 3.37. The highest BCUT2D eigenvalue weighted by atomic mass is 32.1. The number of rotatable bonds is 2. The minimum Gasteiger partial charge on any atom is -0.336 e. The maximum Gasteiger partial charge on any atom is 0.245 e. The van der Waals surface area contributed by atoms with Crippen LogP contribution in [0.15, 0.2) is 35.7 Å². The molecule has 0 spiro atoms. The van der Waals surface area contributed by atoms with Gasteiger partial charge >= 0.3 is 0 Å². The van der Waals surface area contributed by atoms with E-state index < -0.39 is 0 Å². The van der Waals surface area contributed by atoms with Crippen LogP contribution in [0.4, 0.5) is 5.13 Å². The van der Waals surface area contributed by atoms with Crippen LogP contribution in [0.1, 0.15) is 19.8 Å². The number of nitrogens with zero attached hydrogens (tertiary/aromatic N) is 3. The highest BCUT2D eigenvalue weighted by Crippen LogP contribution is 2.33. The summed E-state index contributed by atoms with van der Waals surface area (Å²) in [6.07, 6.45) is 2.25. The zero-order chi connectivity index (χ0) is 15.1. The van der Waals surface area contributed by atoms with Crippen LogP contribution >= 0.6 is 11.3 Å². The van der Waals surface area contributed by atoms with Crippen LogP contribution in [-0.4, -0.2) is 41.0 Å². The van der Waals surface area contributed by atoms with Crippen molar-refractivity contribution in [1.82, 2.24) is 9.88 Å². The molecular weight excluding hydrogens is 294 g/mol. The molecule has 0 aliphatic carbocycles. The van der Waals surface area contributed by atoms with Gasteiger partial charge in [0.2, 0.25) is 5.91 Å². The predicted molar refractivity (Wildman–Crippen MR) is 89.1 cm³/mol. The molecule has 1 amide bonds. The number of anilines is 1. The molecule has 1 aromatic carbocycles. The van der Waals surface area contributed by atoms with E-state index in [2.05, 4.69) is 27.3 Å². The molecule has 0 N–H and O–H groups in total. The number of hydrogen-bond donors (Lipinski definition) is 0. The van der Waals surface area contributed by atoms with Crippen LogP contribution in [0.2, 0.25) is 0 Å². The van der Waals surface area contributed by atoms with Gasteiger partial charge in [-0.15, -0.1) is 11.3 Å². The molecule has 114 valence electrons. The lowest BCUT2D eigenvalue weighted by Gasteiger charge is -2.41. The summed E-state index contributed by atoms with van der Waals surface area (Å²) in [6, 6.07) is 10.5. The van der Waals surface area contributed by atoms with E-state index >= 15 is 0 Å². The lowest BCUT2D eigenvalue weighted by atomic mass is 10.1. The van der Waals surface area contributed by atoms with E-state index in [0.29, 0.717) is 6.04 Å². The number of hydrogen-bond acceptors (Lipinski definition) is 4. The van der Waals surface area contributed by atoms with E-state index in [1.54, 1.807) is 11.3 Å². The second-order valence-corrected chi connectivity index (χ2v) is 6.87. The zero-order valence-electron chi connectivity index (χ0n) is 12.6. The summed E-state index contributed by atoms with van der Waals surface area (Å²) in [5.74, 6) is 0.255. The Labute approximate surface area is 134 Å². The van der Waals surface area contributed by atoms with Gasteiger partial charge in [0.1, 0.15) is 6.04 Å². The number of aromatic nitrogens is 1. The average Bonchev–Trinajstić information content (AvgIpc) is 3.20. The van der Waals surface area contributed by atoms with Crippen molar-refractivity contribution in [1.29, 1.82) is 0 Å². The Morgan fingerprint density at radius 1 is 1.23 bits per heavy atom. The van der Waals surface area contributed by atoms with Crippen molar-refractivity contribution in [2.45, 2.75) is 31.8 Å². The predicted octanol–water partition coefficient (Wildman–Crippen LogP) is 3.01. The Bertz CT molecular complexity index is 684. The Morgan fingerprint density at radius 2 is 2.05 bits per heavy atom. The molecule has 0 bridgehead atoms. The number of carbonyl (C=O) groups excluding carboxylic acids is 1. The maximum absolute atomic E-state index is 12.5. The number of thiazole rings is 1. The summed E-state index contributed by atoms with van der Waals surface area (Å²) in [6.45, 7) is 3.84. The third-order valence-electron chi connectivity index (χ3n) is 4.70. The second kappa shape index (κ2) is 5.39. The van der Waals surface area contributed by atoms with Crippen LogP contribution in [0.3, 0.4) is 0 Å². The van der Waals surface area contributed by atoms with Gasteiger partial charge in [-0.1, -0.05) is 30.3 Å². The molecule has 2 atom stereocenters. The highest BCUT2D eigenvalue weighted by molar-refractivity contribution is 7.14. The molecule has 0 saturated carbocycles. The topological polar surface area (TPSA) is 36.4 Å². The monoisotopic (exact) mass is 313 g/mol. The van der Waals surface area contributed by atoms with Crippen LogP contribution in [0.25, 0.3) is 11.3 Å². The van der Waals surface area contributed by atoms with Gasteiger partial charge in [-0.05, 0) is 19.8 Å². The van der Waals surface area contributed by atoms with Gasteiger partial charge in [-0.3, -0.25) is 4.79 Å². The lowest BCUT2D eigenvalue weighted by Crippen LogP contribution is -2.58. The summed E-state index contributed by atoms with van der Waals surface area (Å²) in [7, 11) is 0. The fraction of sp³-hybridized carbons (Fsp3) is 0.412. The standard InChI is InChI=1S/C17H19N3OS/c1-12-16(21)19-9-5-8-14(19)10-20(12)17-18-15(11-22-17)13-6-3-2-4-7-13/h2-4,6-7,11-12,14H,5,8-10H2,1H3/t12-,14+/m0/s1. The molecular formula is C17H19N3OS. The quantitative estimate of drug-likeness (QED) is 0.855. The molecule has 2 aromatic rings. The van der Waals surface area contributed by atoms with E-state index in [-0.39, 0.29) is 11.9 Å². The fourth-order valence-electron chi connectivity index (χ4n) is 3.46. The van der Waals surface area contributed by atoms with Crippen molar-refractivity contribution in [3.8, 4) is 11.3 Å². The minimum atomic E-state index is -0.107. The van der Waals surface area contributed by atoms with E-state index in [1.165, 1.54) is 0 Å². The van der Waals surface area contributed by atoms with Crippen molar-refractivity contribution in [3.63, 3.8) is 0 Å². The molecule has 2 aliphatic heterocycles. The largest absolute Gasteiger partial charge is 0.336 e. The molecule has 5 heteroatoms. The number of amides is 1. The summed E-state index contributed by atoms with van der Waals surface area (Å²) in [4.78, 5) is 21.6. The summed E-state index contributed by atoms with van der Waals surface area (Å²) in [5.41, 5.74) is 2.12. The van der Waals surface area contributed by atoms with Gasteiger partial charge < -0.3 is 9.80 Å². The smallest absolute Gasteiger partial charge is 0.245 e. The molecule has 2 fully saturated rings. The third kappa shape index (κ3) is 2.20. The summed E-state index contributed by atoms with van der Waals surface area (Å²) in [5, 5.41) is 3.05. The minimum absolute atomic E-state index is 0.107. The van der Waals surface area contributed by atoms with E-state index in [9.17, 15) is 4.79 Å². The van der Waals surface area contributed by atoms with Gasteiger partial charge in [-0.2, -0.15) is 0 Å². The third-order valence-corrected chi connectivity index (χ3v) is 5.58. The van der Waals surface area contributed by atoms with Crippen molar-refractivity contribution in [2.75, 3.05) is 18.0 Å². The van der Waals surface area contributed by atoms with Crippen LogP contribution < -0.4 is 4.90 Å². The van der Waals surface area contributed by atoms with E-state index in [1.807, 2.05) is 25.1 Å². The highest BCUT2D eigenvalue weighted by Gasteiger charge is 2.41. The zero-order valence-corrected chi connectivity index (χ0v) is 13.4. The van der Waals surface area contributed by atoms with Gasteiger partial charge in [0.15, 0.2) is 5.13 Å². The Morgan fingerprint density at radius 3 is 2.86 bits per heavy atom. The first-order valence-electron chi connectivity index (χ1n) is 7.82. The molecule has 22 heavy (non-hydrogen) atoms. The van der Waals surface area contributed by atoms with Crippen LogP contribution in [0.5, 0.6) is 0 Å². The number of carbonyl (C=O) groups is 1. The average molecular weight is 313 g/mol. The molecule has 1 aromatic heterocycles. The van der Waals surface area contributed by atoms with Crippen molar-refractivity contribution in [3.05, 3.63) is 35.7 Å². The van der Waals surface area contributed by atoms with Gasteiger partial charge in [0, 0.05) is 30.1 Å². The number of benzene rings is 1. The summed E-state index contributed by atoms with van der Waals surface area (Å²) >= 11 is 1.63. The van der Waals surface area contributed by atoms with Gasteiger partial charge in [0.25, 0.3) is 0 Å².